The highest BCUT2D eigenvalue weighted by atomic mass is 16.3. The van der Waals surface area contributed by atoms with Crippen LogP contribution in [0.3, 0.4) is 0 Å². The van der Waals surface area contributed by atoms with Gasteiger partial charge in [0.05, 0.1) is 0 Å². The van der Waals surface area contributed by atoms with Crippen molar-refractivity contribution in [1.82, 2.24) is 0 Å². The molecule has 4 rings (SSSR count). The maximum absolute atomic E-state index is 12.1. The molecule has 0 aromatic heterocycles. The van der Waals surface area contributed by atoms with Gasteiger partial charge in [-0.3, -0.25) is 0 Å². The van der Waals surface area contributed by atoms with E-state index in [2.05, 4.69) is 20.8 Å². The van der Waals surface area contributed by atoms with Crippen LogP contribution in [0.25, 0.3) is 0 Å². The molecule has 0 aliphatic heterocycles. The Balaban J connectivity index is 1.87. The van der Waals surface area contributed by atoms with Crippen LogP contribution in [0.2, 0.25) is 0 Å². The van der Waals surface area contributed by atoms with Crippen molar-refractivity contribution in [2.24, 2.45) is 16.7 Å². The van der Waals surface area contributed by atoms with Crippen LogP contribution in [0.5, 0.6) is 0 Å². The molecule has 0 radical (unpaired) electrons. The van der Waals surface area contributed by atoms with Gasteiger partial charge in [0, 0.05) is 10.8 Å². The molecule has 2 nitrogen and oxygen atoms in total. The van der Waals surface area contributed by atoms with Crippen molar-refractivity contribution in [3.8, 4) is 0 Å². The average Bonchev–Trinajstić information content (AvgIpc) is 3.10. The summed E-state index contributed by atoms with van der Waals surface area (Å²) in [6.45, 7) is 6.63. The molecule has 2 aromatic rings. The Bertz CT molecular complexity index is 775. The Morgan fingerprint density at radius 1 is 0.960 bits per heavy atom. The number of aliphatic hydroxyl groups excluding tert-OH is 1. The second-order valence-electron chi connectivity index (χ2n) is 8.83. The third-order valence-corrected chi connectivity index (χ3v) is 7.33. The Morgan fingerprint density at radius 3 is 2.24 bits per heavy atom. The molecule has 0 spiro atoms. The average molecular weight is 336 g/mol. The molecule has 4 atom stereocenters. The van der Waals surface area contributed by atoms with Gasteiger partial charge in [0.25, 0.3) is 0 Å². The van der Waals surface area contributed by atoms with Gasteiger partial charge in [-0.25, -0.2) is 0 Å². The van der Waals surface area contributed by atoms with Gasteiger partial charge in [-0.1, -0.05) is 75.4 Å². The molecule has 0 amide bonds. The van der Waals surface area contributed by atoms with Gasteiger partial charge >= 0.3 is 0 Å². The van der Waals surface area contributed by atoms with Gasteiger partial charge in [0.15, 0.2) is 0 Å². The Kier molecular flexibility index (Phi) is 3.65. The monoisotopic (exact) mass is 336 g/mol. The third kappa shape index (κ3) is 2.10. The van der Waals surface area contributed by atoms with E-state index >= 15 is 0 Å². The van der Waals surface area contributed by atoms with Gasteiger partial charge in [0.1, 0.15) is 11.7 Å². The molecule has 0 unspecified atom stereocenters. The maximum atomic E-state index is 12.1. The fourth-order valence-electron chi connectivity index (χ4n) is 5.81. The van der Waals surface area contributed by atoms with E-state index in [-0.39, 0.29) is 10.8 Å². The van der Waals surface area contributed by atoms with Crippen molar-refractivity contribution in [2.75, 3.05) is 0 Å². The molecule has 2 saturated carbocycles. The van der Waals surface area contributed by atoms with E-state index in [0.717, 1.165) is 29.5 Å². The van der Waals surface area contributed by atoms with E-state index < -0.39 is 11.7 Å². The maximum Gasteiger partial charge on any atom is 0.104 e. The SMILES string of the molecule is CC1(C)[C@H]2CC[C@](C)(C2)[C@]1(O)c1ccccc1[C@H](O)c1ccccc1. The summed E-state index contributed by atoms with van der Waals surface area (Å²) < 4.78 is 0. The smallest absolute Gasteiger partial charge is 0.104 e. The number of benzene rings is 2. The Hall–Kier alpha value is -1.64. The fraction of sp³-hybridized carbons (Fsp3) is 0.478. The summed E-state index contributed by atoms with van der Waals surface area (Å²) in [5.74, 6) is 0.532. The zero-order valence-corrected chi connectivity index (χ0v) is 15.4. The minimum Gasteiger partial charge on any atom is -0.384 e. The lowest BCUT2D eigenvalue weighted by molar-refractivity contribution is -0.151. The third-order valence-electron chi connectivity index (χ3n) is 7.33. The quantitative estimate of drug-likeness (QED) is 0.845. The summed E-state index contributed by atoms with van der Waals surface area (Å²) in [4.78, 5) is 0. The van der Waals surface area contributed by atoms with Crippen LogP contribution in [-0.2, 0) is 5.60 Å². The second-order valence-corrected chi connectivity index (χ2v) is 8.83. The standard InChI is InChI=1S/C23H28O2/c1-21(2)17-13-14-22(3,15-17)23(21,25)19-12-8-7-11-18(19)20(24)16-9-5-4-6-10-16/h4-12,17,20,24-25H,13-15H2,1-3H3/t17-,20+,22+,23-/m0/s1. The number of aliphatic hydroxyl groups is 2. The topological polar surface area (TPSA) is 40.5 Å². The largest absolute Gasteiger partial charge is 0.384 e. The van der Waals surface area contributed by atoms with Crippen LogP contribution < -0.4 is 0 Å². The predicted molar refractivity (Wildman–Crippen MR) is 100 cm³/mol. The lowest BCUT2D eigenvalue weighted by atomic mass is 9.57. The summed E-state index contributed by atoms with van der Waals surface area (Å²) in [6.07, 6.45) is 2.58. The molecule has 2 N–H and O–H groups in total. The summed E-state index contributed by atoms with van der Waals surface area (Å²) >= 11 is 0. The number of hydrogen-bond donors (Lipinski definition) is 2. The fourth-order valence-corrected chi connectivity index (χ4v) is 5.81. The van der Waals surface area contributed by atoms with E-state index in [9.17, 15) is 10.2 Å². The molecule has 2 aliphatic carbocycles. The summed E-state index contributed by atoms with van der Waals surface area (Å²) in [6, 6.07) is 17.7. The van der Waals surface area contributed by atoms with Gasteiger partial charge in [-0.05, 0) is 41.9 Å². The zero-order chi connectivity index (χ0) is 17.9. The van der Waals surface area contributed by atoms with Gasteiger partial charge in [-0.15, -0.1) is 0 Å². The Morgan fingerprint density at radius 2 is 1.60 bits per heavy atom. The van der Waals surface area contributed by atoms with E-state index in [0.29, 0.717) is 5.92 Å². The lowest BCUT2D eigenvalue weighted by Crippen LogP contribution is -2.52. The van der Waals surface area contributed by atoms with Crippen molar-refractivity contribution in [2.45, 2.75) is 51.7 Å². The van der Waals surface area contributed by atoms with E-state index in [1.54, 1.807) is 0 Å². The van der Waals surface area contributed by atoms with Gasteiger partial charge in [-0.2, -0.15) is 0 Å². The van der Waals surface area contributed by atoms with E-state index in [4.69, 9.17) is 0 Å². The molecule has 0 saturated heterocycles. The van der Waals surface area contributed by atoms with Crippen molar-refractivity contribution in [3.63, 3.8) is 0 Å². The first-order valence-corrected chi connectivity index (χ1v) is 9.36. The van der Waals surface area contributed by atoms with Crippen molar-refractivity contribution in [1.29, 1.82) is 0 Å². The first-order chi connectivity index (χ1) is 11.8. The van der Waals surface area contributed by atoms with Crippen LogP contribution >= 0.6 is 0 Å². The highest BCUT2D eigenvalue weighted by Gasteiger charge is 2.69. The van der Waals surface area contributed by atoms with Crippen LogP contribution in [0, 0.1) is 16.7 Å². The summed E-state index contributed by atoms with van der Waals surface area (Å²) in [5, 5.41) is 23.2. The molecule has 25 heavy (non-hydrogen) atoms. The molecule has 2 bridgehead atoms. The van der Waals surface area contributed by atoms with Gasteiger partial charge in [0.2, 0.25) is 0 Å². The minimum atomic E-state index is -0.921. The Labute approximate surface area is 150 Å². The molecule has 2 aromatic carbocycles. The highest BCUT2D eigenvalue weighted by molar-refractivity contribution is 5.43. The van der Waals surface area contributed by atoms with Crippen molar-refractivity contribution in [3.05, 3.63) is 71.3 Å². The van der Waals surface area contributed by atoms with Crippen LogP contribution in [0.4, 0.5) is 0 Å². The van der Waals surface area contributed by atoms with E-state index in [1.807, 2.05) is 54.6 Å². The predicted octanol–water partition coefficient (Wildman–Crippen LogP) is 4.80. The van der Waals surface area contributed by atoms with E-state index in [1.165, 1.54) is 6.42 Å². The summed E-state index contributed by atoms with van der Waals surface area (Å²) in [5.41, 5.74) is 1.35. The van der Waals surface area contributed by atoms with Crippen LogP contribution in [-0.4, -0.2) is 10.2 Å². The first-order valence-electron chi connectivity index (χ1n) is 9.36. The molecule has 0 heterocycles. The molecule has 2 aliphatic rings. The number of hydrogen-bond acceptors (Lipinski definition) is 2. The normalized spacial score (nSPS) is 34.2. The molecule has 2 fully saturated rings. The van der Waals surface area contributed by atoms with Gasteiger partial charge < -0.3 is 10.2 Å². The number of rotatable bonds is 3. The molecule has 2 heteroatoms. The van der Waals surface area contributed by atoms with Crippen LogP contribution in [0.1, 0.15) is 62.8 Å². The van der Waals surface area contributed by atoms with Crippen molar-refractivity contribution < 1.29 is 10.2 Å². The zero-order valence-electron chi connectivity index (χ0n) is 15.4. The van der Waals surface area contributed by atoms with Crippen LogP contribution in [0.15, 0.2) is 54.6 Å². The van der Waals surface area contributed by atoms with Crippen molar-refractivity contribution >= 4 is 0 Å². The molecular weight excluding hydrogens is 308 g/mol. The lowest BCUT2D eigenvalue weighted by Gasteiger charge is -2.52. The minimum absolute atomic E-state index is 0.131. The highest BCUT2D eigenvalue weighted by Crippen LogP contribution is 2.72. The number of fused-ring (bicyclic) bond motifs is 2. The second kappa shape index (κ2) is 5.43. The molecule has 132 valence electrons. The summed E-state index contributed by atoms with van der Waals surface area (Å²) in [7, 11) is 0. The first kappa shape index (κ1) is 16.8. The molecular formula is C23H28O2.